The van der Waals surface area contributed by atoms with Gasteiger partial charge in [-0.25, -0.2) is 0 Å². The SMILES string of the molecule is Cc1ccccc1[C@H]1[C@@H]2[C@@H](C(C)C)C[C@]3(C)C[C@@]1(C)C(=O)C[C@H]23. The van der Waals surface area contributed by atoms with Crippen LogP contribution in [0.3, 0.4) is 0 Å². The van der Waals surface area contributed by atoms with Gasteiger partial charge in [0, 0.05) is 11.8 Å². The molecule has 0 heterocycles. The summed E-state index contributed by atoms with van der Waals surface area (Å²) in [4.78, 5) is 13.0. The molecule has 1 nitrogen and oxygen atoms in total. The third kappa shape index (κ3) is 1.88. The van der Waals surface area contributed by atoms with Gasteiger partial charge >= 0.3 is 0 Å². The van der Waals surface area contributed by atoms with Crippen LogP contribution in [-0.4, -0.2) is 5.78 Å². The van der Waals surface area contributed by atoms with E-state index in [1.807, 2.05) is 0 Å². The maximum atomic E-state index is 13.0. The van der Waals surface area contributed by atoms with E-state index < -0.39 is 0 Å². The first-order chi connectivity index (χ1) is 10.8. The van der Waals surface area contributed by atoms with Crippen molar-refractivity contribution in [2.24, 2.45) is 34.5 Å². The Kier molecular flexibility index (Phi) is 3.16. The maximum Gasteiger partial charge on any atom is 0.139 e. The van der Waals surface area contributed by atoms with E-state index in [0.29, 0.717) is 34.9 Å². The van der Waals surface area contributed by atoms with Crippen molar-refractivity contribution in [2.45, 2.75) is 59.8 Å². The molecule has 4 aliphatic rings. The molecular weight excluding hydrogens is 280 g/mol. The Labute approximate surface area is 140 Å². The molecule has 0 amide bonds. The van der Waals surface area contributed by atoms with Crippen molar-refractivity contribution in [3.63, 3.8) is 0 Å². The smallest absolute Gasteiger partial charge is 0.139 e. The molecule has 1 aromatic carbocycles. The Morgan fingerprint density at radius 2 is 1.87 bits per heavy atom. The van der Waals surface area contributed by atoms with E-state index in [2.05, 4.69) is 58.9 Å². The van der Waals surface area contributed by atoms with Gasteiger partial charge in [0.15, 0.2) is 0 Å². The van der Waals surface area contributed by atoms with Gasteiger partial charge in [-0.15, -0.1) is 0 Å². The Hall–Kier alpha value is -1.11. The molecule has 0 aromatic heterocycles. The van der Waals surface area contributed by atoms with Crippen molar-refractivity contribution in [1.82, 2.24) is 0 Å². The van der Waals surface area contributed by atoms with Crippen molar-refractivity contribution < 1.29 is 4.79 Å². The van der Waals surface area contributed by atoms with Crippen LogP contribution in [0, 0.1) is 41.4 Å². The van der Waals surface area contributed by atoms with Crippen molar-refractivity contribution in [3.05, 3.63) is 35.4 Å². The highest BCUT2D eigenvalue weighted by Crippen LogP contribution is 2.73. The third-order valence-electron chi connectivity index (χ3n) is 7.82. The molecular formula is C22H30O. The summed E-state index contributed by atoms with van der Waals surface area (Å²) in [6.07, 6.45) is 3.26. The monoisotopic (exact) mass is 310 g/mol. The summed E-state index contributed by atoms with van der Waals surface area (Å²) in [5, 5.41) is 0. The van der Waals surface area contributed by atoms with Gasteiger partial charge in [0.2, 0.25) is 0 Å². The molecule has 0 radical (unpaired) electrons. The van der Waals surface area contributed by atoms with Crippen LogP contribution in [0.4, 0.5) is 0 Å². The summed E-state index contributed by atoms with van der Waals surface area (Å²) in [5.41, 5.74) is 3.06. The van der Waals surface area contributed by atoms with Crippen molar-refractivity contribution in [2.75, 3.05) is 0 Å². The highest BCUT2D eigenvalue weighted by Gasteiger charge is 2.69. The second-order valence-corrected chi connectivity index (χ2v) is 9.51. The summed E-state index contributed by atoms with van der Waals surface area (Å²) in [6.45, 7) is 11.8. The first kappa shape index (κ1) is 15.4. The number of hydrogen-bond donors (Lipinski definition) is 0. The minimum absolute atomic E-state index is 0.149. The van der Waals surface area contributed by atoms with E-state index in [4.69, 9.17) is 0 Å². The van der Waals surface area contributed by atoms with E-state index in [1.165, 1.54) is 17.5 Å². The first-order valence-electron chi connectivity index (χ1n) is 9.37. The van der Waals surface area contributed by atoms with Crippen molar-refractivity contribution in [3.8, 4) is 0 Å². The predicted octanol–water partition coefficient (Wildman–Crippen LogP) is 5.38. The van der Waals surface area contributed by atoms with Crippen LogP contribution in [0.5, 0.6) is 0 Å². The number of ketones is 1. The molecule has 0 saturated heterocycles. The molecule has 4 aliphatic carbocycles. The summed E-state index contributed by atoms with van der Waals surface area (Å²) >= 11 is 0. The Bertz CT molecular complexity index is 660. The van der Waals surface area contributed by atoms with E-state index in [1.54, 1.807) is 0 Å². The molecule has 0 spiro atoms. The maximum absolute atomic E-state index is 13.0. The second kappa shape index (κ2) is 4.71. The number of carbonyl (C=O) groups excluding carboxylic acids is 1. The Balaban J connectivity index is 1.90. The lowest BCUT2D eigenvalue weighted by atomic mass is 9.44. The van der Waals surface area contributed by atoms with Crippen LogP contribution in [0.1, 0.15) is 64.0 Å². The molecule has 4 saturated carbocycles. The minimum Gasteiger partial charge on any atom is -0.299 e. The van der Waals surface area contributed by atoms with Gasteiger partial charge < -0.3 is 0 Å². The Morgan fingerprint density at radius 3 is 2.52 bits per heavy atom. The topological polar surface area (TPSA) is 17.1 Å². The standard InChI is InChI=1S/C22H30O/c1-13(2)16-11-21(4)12-22(5)18(23)10-17(21)19(16)20(22)15-9-7-6-8-14(15)3/h6-9,13,16-17,19-20H,10-12H2,1-5H3/t16-,17-,19-,20+,21-,22+/m1/s1. The lowest BCUT2D eigenvalue weighted by Crippen LogP contribution is -2.56. The molecule has 0 unspecified atom stereocenters. The molecule has 0 aliphatic heterocycles. The molecule has 6 atom stereocenters. The molecule has 5 rings (SSSR count). The largest absolute Gasteiger partial charge is 0.299 e. The van der Waals surface area contributed by atoms with Crippen LogP contribution in [0.15, 0.2) is 24.3 Å². The van der Waals surface area contributed by atoms with Crippen LogP contribution in [0.2, 0.25) is 0 Å². The van der Waals surface area contributed by atoms with Gasteiger partial charge in [0.05, 0.1) is 0 Å². The van der Waals surface area contributed by atoms with Gasteiger partial charge in [-0.2, -0.15) is 0 Å². The number of Topliss-reactive ketones (excluding diaryl/α,β-unsaturated/α-hetero) is 1. The van der Waals surface area contributed by atoms with Gasteiger partial charge in [0.1, 0.15) is 5.78 Å². The molecule has 0 N–H and O–H groups in total. The highest BCUT2D eigenvalue weighted by molar-refractivity contribution is 5.88. The molecule has 1 aromatic rings. The number of aryl methyl sites for hydroxylation is 1. The lowest BCUT2D eigenvalue weighted by Gasteiger charge is -2.58. The van der Waals surface area contributed by atoms with Crippen LogP contribution < -0.4 is 0 Å². The fourth-order valence-corrected chi connectivity index (χ4v) is 6.90. The number of benzene rings is 1. The molecule has 4 fully saturated rings. The van der Waals surface area contributed by atoms with Crippen LogP contribution in [-0.2, 0) is 4.79 Å². The molecule has 1 heteroatoms. The van der Waals surface area contributed by atoms with E-state index in [9.17, 15) is 4.79 Å². The average Bonchev–Trinajstić information content (AvgIpc) is 2.69. The van der Waals surface area contributed by atoms with Gasteiger partial charge in [-0.05, 0) is 65.9 Å². The molecule has 4 bridgehead atoms. The van der Waals surface area contributed by atoms with Crippen LogP contribution in [0.25, 0.3) is 0 Å². The fraction of sp³-hybridized carbons (Fsp3) is 0.682. The zero-order chi connectivity index (χ0) is 16.6. The van der Waals surface area contributed by atoms with Gasteiger partial charge in [-0.1, -0.05) is 52.0 Å². The molecule has 23 heavy (non-hydrogen) atoms. The van der Waals surface area contributed by atoms with E-state index in [0.717, 1.165) is 18.8 Å². The van der Waals surface area contributed by atoms with E-state index in [-0.39, 0.29) is 5.41 Å². The van der Waals surface area contributed by atoms with Gasteiger partial charge in [-0.3, -0.25) is 4.79 Å². The number of hydrogen-bond acceptors (Lipinski definition) is 1. The summed E-state index contributed by atoms with van der Waals surface area (Å²) in [5.74, 6) is 3.74. The summed E-state index contributed by atoms with van der Waals surface area (Å²) in [6, 6.07) is 8.82. The van der Waals surface area contributed by atoms with Crippen LogP contribution >= 0.6 is 0 Å². The van der Waals surface area contributed by atoms with Gasteiger partial charge in [0.25, 0.3) is 0 Å². The fourth-order valence-electron chi connectivity index (χ4n) is 6.90. The average molecular weight is 310 g/mol. The quantitative estimate of drug-likeness (QED) is 0.717. The zero-order valence-electron chi connectivity index (χ0n) is 15.2. The van der Waals surface area contributed by atoms with Crippen molar-refractivity contribution in [1.29, 1.82) is 0 Å². The zero-order valence-corrected chi connectivity index (χ0v) is 15.2. The summed E-state index contributed by atoms with van der Waals surface area (Å²) in [7, 11) is 0. The minimum atomic E-state index is -0.149. The van der Waals surface area contributed by atoms with E-state index >= 15 is 0 Å². The number of carbonyl (C=O) groups is 1. The molecule has 124 valence electrons. The summed E-state index contributed by atoms with van der Waals surface area (Å²) < 4.78 is 0. The third-order valence-corrected chi connectivity index (χ3v) is 7.82. The predicted molar refractivity (Wildman–Crippen MR) is 94.3 cm³/mol. The lowest BCUT2D eigenvalue weighted by molar-refractivity contribution is -0.151. The number of rotatable bonds is 2. The van der Waals surface area contributed by atoms with Crippen molar-refractivity contribution >= 4 is 5.78 Å². The second-order valence-electron chi connectivity index (χ2n) is 9.51. The first-order valence-corrected chi connectivity index (χ1v) is 9.37. The highest BCUT2D eigenvalue weighted by atomic mass is 16.1. The Morgan fingerprint density at radius 1 is 1.17 bits per heavy atom. The normalized spacial score (nSPS) is 45.0. The number of fused-ring (bicyclic) bond motifs is 1.